The quantitative estimate of drug-likeness (QED) is 0.592. The second kappa shape index (κ2) is 7.79. The van der Waals surface area contributed by atoms with Crippen LogP contribution in [0.4, 0.5) is 5.69 Å². The third-order valence-corrected chi connectivity index (χ3v) is 4.82. The maximum atomic E-state index is 12.6. The Morgan fingerprint density at radius 3 is 2.44 bits per heavy atom. The van der Waals surface area contributed by atoms with E-state index in [-0.39, 0.29) is 17.3 Å². The number of morpholine rings is 1. The highest BCUT2D eigenvalue weighted by molar-refractivity contribution is 5.78. The zero-order chi connectivity index (χ0) is 17.8. The highest BCUT2D eigenvalue weighted by atomic mass is 16.6. The number of hydrogen-bond acceptors (Lipinski definition) is 6. The van der Waals surface area contributed by atoms with Crippen LogP contribution in [0.5, 0.6) is 5.75 Å². The molecule has 0 saturated carbocycles. The van der Waals surface area contributed by atoms with Gasteiger partial charge in [-0.15, -0.1) is 0 Å². The third kappa shape index (κ3) is 4.08. The fraction of sp³-hybridized carbons (Fsp3) is 0.588. The molecule has 0 unspecified atom stereocenters. The molecule has 8 nitrogen and oxygen atoms in total. The summed E-state index contributed by atoms with van der Waals surface area (Å²) in [7, 11) is 1.43. The highest BCUT2D eigenvalue weighted by Crippen LogP contribution is 2.32. The number of carbonyl (C=O) groups is 1. The molecule has 1 aromatic rings. The van der Waals surface area contributed by atoms with E-state index in [0.717, 1.165) is 24.2 Å². The number of rotatable bonds is 4. The van der Waals surface area contributed by atoms with Crippen molar-refractivity contribution in [2.75, 3.05) is 53.0 Å². The van der Waals surface area contributed by atoms with E-state index < -0.39 is 4.92 Å². The number of amides is 1. The van der Waals surface area contributed by atoms with Gasteiger partial charge in [-0.25, -0.2) is 0 Å². The van der Waals surface area contributed by atoms with Crippen molar-refractivity contribution in [1.29, 1.82) is 0 Å². The van der Waals surface area contributed by atoms with E-state index in [9.17, 15) is 14.9 Å². The highest BCUT2D eigenvalue weighted by Gasteiger charge is 2.25. The van der Waals surface area contributed by atoms with Gasteiger partial charge in [0.2, 0.25) is 5.91 Å². The van der Waals surface area contributed by atoms with Crippen LogP contribution in [0.3, 0.4) is 0 Å². The van der Waals surface area contributed by atoms with Gasteiger partial charge in [-0.2, -0.15) is 0 Å². The summed E-state index contributed by atoms with van der Waals surface area (Å²) in [5.74, 6) is 0.382. The summed E-state index contributed by atoms with van der Waals surface area (Å²) in [6.07, 6.45) is 1.30. The molecule has 25 heavy (non-hydrogen) atoms. The summed E-state index contributed by atoms with van der Waals surface area (Å²) in [6, 6.07) is 3.33. The number of hydrogen-bond donors (Lipinski definition) is 0. The van der Waals surface area contributed by atoms with Crippen LogP contribution < -0.4 is 4.74 Å². The number of benzene rings is 1. The smallest absolute Gasteiger partial charge is 0.311 e. The minimum Gasteiger partial charge on any atom is -0.490 e. The maximum absolute atomic E-state index is 12.6. The van der Waals surface area contributed by atoms with Gasteiger partial charge in [-0.1, -0.05) is 0 Å². The molecule has 3 rings (SSSR count). The standard InChI is InChI=1S/C17H23N3O5/c1-24-16-11-14-3-5-19(4-2-13(14)10-15(16)20(22)23)17(21)12-18-6-8-25-9-7-18/h10-11H,2-9,12H2,1H3. The normalized spacial score (nSPS) is 18.4. The van der Waals surface area contributed by atoms with Gasteiger partial charge in [0, 0.05) is 32.2 Å². The van der Waals surface area contributed by atoms with Crippen molar-refractivity contribution in [3.8, 4) is 5.75 Å². The molecule has 0 spiro atoms. The van der Waals surface area contributed by atoms with Gasteiger partial charge >= 0.3 is 5.69 Å². The number of nitro groups is 1. The first-order chi connectivity index (χ1) is 12.1. The summed E-state index contributed by atoms with van der Waals surface area (Å²) in [5, 5.41) is 11.2. The lowest BCUT2D eigenvalue weighted by Gasteiger charge is -2.29. The minimum atomic E-state index is -0.425. The first kappa shape index (κ1) is 17.6. The number of methoxy groups -OCH3 is 1. The largest absolute Gasteiger partial charge is 0.490 e. The predicted molar refractivity (Wildman–Crippen MR) is 90.9 cm³/mol. The molecule has 136 valence electrons. The first-order valence-corrected chi connectivity index (χ1v) is 8.50. The Labute approximate surface area is 146 Å². The molecule has 2 aliphatic heterocycles. The van der Waals surface area contributed by atoms with Crippen LogP contribution in [-0.2, 0) is 22.4 Å². The van der Waals surface area contributed by atoms with E-state index in [4.69, 9.17) is 9.47 Å². The summed E-state index contributed by atoms with van der Waals surface area (Å²) in [5.41, 5.74) is 1.92. The number of carbonyl (C=O) groups excluding carboxylic acids is 1. The minimum absolute atomic E-state index is 0.0191. The molecule has 1 amide bonds. The van der Waals surface area contributed by atoms with Gasteiger partial charge in [-0.05, 0) is 30.0 Å². The molecule has 0 N–H and O–H groups in total. The lowest BCUT2D eigenvalue weighted by Crippen LogP contribution is -2.45. The fourth-order valence-electron chi connectivity index (χ4n) is 3.35. The van der Waals surface area contributed by atoms with Gasteiger partial charge in [-0.3, -0.25) is 19.8 Å². The van der Waals surface area contributed by atoms with Crippen molar-refractivity contribution < 1.29 is 19.2 Å². The lowest BCUT2D eigenvalue weighted by atomic mass is 10.0. The van der Waals surface area contributed by atoms with Gasteiger partial charge in [0.15, 0.2) is 5.75 Å². The van der Waals surface area contributed by atoms with Crippen LogP contribution in [0.1, 0.15) is 11.1 Å². The molecular formula is C17H23N3O5. The van der Waals surface area contributed by atoms with Crippen molar-refractivity contribution >= 4 is 11.6 Å². The molecule has 1 aromatic carbocycles. The lowest BCUT2D eigenvalue weighted by molar-refractivity contribution is -0.385. The monoisotopic (exact) mass is 349 g/mol. The Balaban J connectivity index is 1.68. The molecular weight excluding hydrogens is 326 g/mol. The Morgan fingerprint density at radius 1 is 1.20 bits per heavy atom. The molecule has 0 aromatic heterocycles. The fourth-order valence-corrected chi connectivity index (χ4v) is 3.35. The van der Waals surface area contributed by atoms with E-state index >= 15 is 0 Å². The van der Waals surface area contributed by atoms with Crippen molar-refractivity contribution in [2.45, 2.75) is 12.8 Å². The topological polar surface area (TPSA) is 85.2 Å². The van der Waals surface area contributed by atoms with Crippen LogP contribution in [0.15, 0.2) is 12.1 Å². The van der Waals surface area contributed by atoms with Crippen LogP contribution >= 0.6 is 0 Å². The Kier molecular flexibility index (Phi) is 5.50. The molecule has 8 heteroatoms. The van der Waals surface area contributed by atoms with Crippen molar-refractivity contribution in [2.24, 2.45) is 0 Å². The predicted octanol–water partition coefficient (Wildman–Crippen LogP) is 0.863. The van der Waals surface area contributed by atoms with Crippen molar-refractivity contribution in [3.05, 3.63) is 33.4 Å². The van der Waals surface area contributed by atoms with Crippen molar-refractivity contribution in [1.82, 2.24) is 9.80 Å². The van der Waals surface area contributed by atoms with E-state index in [1.807, 2.05) is 4.90 Å². The van der Waals surface area contributed by atoms with Crippen LogP contribution in [-0.4, -0.2) is 73.7 Å². The summed E-state index contributed by atoms with van der Waals surface area (Å²) in [4.78, 5) is 27.3. The molecule has 1 saturated heterocycles. The molecule has 0 atom stereocenters. The molecule has 2 heterocycles. The van der Waals surface area contributed by atoms with E-state index in [0.29, 0.717) is 45.7 Å². The molecule has 0 radical (unpaired) electrons. The number of nitro benzene ring substituents is 1. The van der Waals surface area contributed by atoms with Crippen LogP contribution in [0.25, 0.3) is 0 Å². The zero-order valence-electron chi connectivity index (χ0n) is 14.4. The van der Waals surface area contributed by atoms with Crippen LogP contribution in [0, 0.1) is 10.1 Å². The molecule has 0 bridgehead atoms. The summed E-state index contributed by atoms with van der Waals surface area (Å²) in [6.45, 7) is 4.51. The van der Waals surface area contributed by atoms with E-state index in [1.165, 1.54) is 7.11 Å². The summed E-state index contributed by atoms with van der Waals surface area (Å²) < 4.78 is 10.5. The second-order valence-electron chi connectivity index (χ2n) is 6.32. The Bertz CT molecular complexity index is 658. The SMILES string of the molecule is COc1cc2c(cc1[N+](=O)[O-])CCN(C(=O)CN1CCOCC1)CC2. The Hall–Kier alpha value is -2.19. The maximum Gasteiger partial charge on any atom is 0.311 e. The average molecular weight is 349 g/mol. The van der Waals surface area contributed by atoms with Crippen molar-refractivity contribution in [3.63, 3.8) is 0 Å². The zero-order valence-corrected chi connectivity index (χ0v) is 14.4. The van der Waals surface area contributed by atoms with Gasteiger partial charge in [0.05, 0.1) is 31.8 Å². The van der Waals surface area contributed by atoms with Gasteiger partial charge < -0.3 is 14.4 Å². The number of fused-ring (bicyclic) bond motifs is 1. The van der Waals surface area contributed by atoms with Crippen LogP contribution in [0.2, 0.25) is 0 Å². The third-order valence-electron chi connectivity index (χ3n) is 4.82. The Morgan fingerprint density at radius 2 is 1.84 bits per heavy atom. The summed E-state index contributed by atoms with van der Waals surface area (Å²) >= 11 is 0. The number of nitrogens with zero attached hydrogens (tertiary/aromatic N) is 3. The average Bonchev–Trinajstić information content (AvgIpc) is 2.83. The molecule has 1 fully saturated rings. The van der Waals surface area contributed by atoms with Gasteiger partial charge in [0.25, 0.3) is 0 Å². The molecule has 0 aliphatic carbocycles. The second-order valence-corrected chi connectivity index (χ2v) is 6.32. The number of ether oxygens (including phenoxy) is 2. The van der Waals surface area contributed by atoms with E-state index in [1.54, 1.807) is 12.1 Å². The molecule has 2 aliphatic rings. The van der Waals surface area contributed by atoms with E-state index in [2.05, 4.69) is 4.90 Å². The van der Waals surface area contributed by atoms with Gasteiger partial charge in [0.1, 0.15) is 0 Å². The first-order valence-electron chi connectivity index (χ1n) is 8.50.